The largest absolute Gasteiger partial charge is 0.508 e. The summed E-state index contributed by atoms with van der Waals surface area (Å²) < 4.78 is 52.1. The zero-order chi connectivity index (χ0) is 28.3. The van der Waals surface area contributed by atoms with Crippen molar-refractivity contribution in [2.75, 3.05) is 0 Å². The Hall–Kier alpha value is -2.97. The highest BCUT2D eigenvalue weighted by atomic mass is 19.4. The number of ether oxygens (including phenoxy) is 1. The highest BCUT2D eigenvalue weighted by molar-refractivity contribution is 5.94. The Morgan fingerprint density at radius 3 is 2.50 bits per heavy atom. The SMILES string of the molecule is CCCc1cc(C(C)(C)c2cc(O)c3c(c2)OC(C)(C)[C@@H]2CC=C(C(=O)NC(C)(C)C(F)(F)F)C[C@@H]32)no1. The predicted molar refractivity (Wildman–Crippen MR) is 137 cm³/mol. The number of benzene rings is 1. The fourth-order valence-corrected chi connectivity index (χ4v) is 5.50. The normalized spacial score (nSPS) is 21.2. The van der Waals surface area contributed by atoms with Crippen LogP contribution in [0.5, 0.6) is 11.5 Å². The average molecular weight is 535 g/mol. The molecule has 0 radical (unpaired) electrons. The molecule has 0 saturated heterocycles. The summed E-state index contributed by atoms with van der Waals surface area (Å²) in [5, 5.41) is 17.7. The van der Waals surface area contributed by atoms with Crippen molar-refractivity contribution in [3.8, 4) is 11.5 Å². The minimum absolute atomic E-state index is 0.0330. The molecule has 2 heterocycles. The number of hydrogen-bond acceptors (Lipinski definition) is 5. The van der Waals surface area contributed by atoms with Gasteiger partial charge in [-0.3, -0.25) is 4.79 Å². The van der Waals surface area contributed by atoms with Crippen molar-refractivity contribution >= 4 is 5.91 Å². The van der Waals surface area contributed by atoms with Crippen molar-refractivity contribution in [2.45, 2.75) is 103 Å². The highest BCUT2D eigenvalue weighted by Gasteiger charge is 2.50. The molecule has 9 heteroatoms. The quantitative estimate of drug-likeness (QED) is 0.431. The molecule has 1 amide bonds. The van der Waals surface area contributed by atoms with Crippen LogP contribution >= 0.6 is 0 Å². The van der Waals surface area contributed by atoms with Crippen molar-refractivity contribution in [3.63, 3.8) is 0 Å². The molecule has 6 nitrogen and oxygen atoms in total. The van der Waals surface area contributed by atoms with Crippen LogP contribution in [-0.4, -0.2) is 33.5 Å². The number of rotatable bonds is 6. The molecule has 0 unspecified atom stereocenters. The van der Waals surface area contributed by atoms with Gasteiger partial charge in [-0.25, -0.2) is 0 Å². The van der Waals surface area contributed by atoms with Gasteiger partial charge in [-0.2, -0.15) is 13.2 Å². The Morgan fingerprint density at radius 2 is 1.87 bits per heavy atom. The molecule has 2 N–H and O–H groups in total. The molecule has 4 rings (SSSR count). The van der Waals surface area contributed by atoms with Crippen molar-refractivity contribution < 1.29 is 32.3 Å². The number of carbonyl (C=O) groups is 1. The van der Waals surface area contributed by atoms with Crippen molar-refractivity contribution in [3.05, 3.63) is 52.4 Å². The number of aryl methyl sites for hydroxylation is 1. The van der Waals surface area contributed by atoms with E-state index in [0.717, 1.165) is 43.7 Å². The first-order chi connectivity index (χ1) is 17.5. The molecule has 1 aliphatic heterocycles. The third-order valence-corrected chi connectivity index (χ3v) is 8.14. The third-order valence-electron chi connectivity index (χ3n) is 8.14. The summed E-state index contributed by atoms with van der Waals surface area (Å²) in [6, 6.07) is 5.52. The van der Waals surface area contributed by atoms with E-state index in [1.165, 1.54) is 0 Å². The fourth-order valence-electron chi connectivity index (χ4n) is 5.50. The molecular formula is C29H37F3N2O4. The molecule has 2 aliphatic rings. The lowest BCUT2D eigenvalue weighted by molar-refractivity contribution is -0.187. The number of allylic oxidation sites excluding steroid dienone is 1. The van der Waals surface area contributed by atoms with Crippen LogP contribution in [-0.2, 0) is 16.6 Å². The average Bonchev–Trinajstić information content (AvgIpc) is 3.26. The molecule has 0 fully saturated rings. The maximum absolute atomic E-state index is 13.4. The van der Waals surface area contributed by atoms with Gasteiger partial charge in [-0.15, -0.1) is 0 Å². The van der Waals surface area contributed by atoms with Crippen LogP contribution in [0.3, 0.4) is 0 Å². The number of phenolic OH excluding ortho intramolecular Hbond substituents is 1. The predicted octanol–water partition coefficient (Wildman–Crippen LogP) is 6.71. The van der Waals surface area contributed by atoms with Gasteiger partial charge in [0, 0.05) is 40.9 Å². The number of aromatic hydroxyl groups is 1. The second kappa shape index (κ2) is 9.35. The minimum atomic E-state index is -4.59. The molecule has 0 spiro atoms. The molecule has 2 atom stereocenters. The van der Waals surface area contributed by atoms with Crippen molar-refractivity contribution in [1.29, 1.82) is 0 Å². The maximum Gasteiger partial charge on any atom is 0.410 e. The Bertz CT molecular complexity index is 1260. The molecular weight excluding hydrogens is 497 g/mol. The van der Waals surface area contributed by atoms with Crippen LogP contribution in [0.25, 0.3) is 0 Å². The molecule has 208 valence electrons. The zero-order valence-electron chi connectivity index (χ0n) is 23.0. The summed E-state index contributed by atoms with van der Waals surface area (Å²) in [7, 11) is 0. The number of carbonyl (C=O) groups excluding carboxylic acids is 1. The van der Waals surface area contributed by atoms with Crippen molar-refractivity contribution in [2.24, 2.45) is 5.92 Å². The Balaban J connectivity index is 1.68. The molecule has 0 bridgehead atoms. The van der Waals surface area contributed by atoms with E-state index in [-0.39, 0.29) is 29.6 Å². The van der Waals surface area contributed by atoms with E-state index >= 15 is 0 Å². The van der Waals surface area contributed by atoms with E-state index in [4.69, 9.17) is 9.26 Å². The summed E-state index contributed by atoms with van der Waals surface area (Å²) in [5.74, 6) is 0.224. The summed E-state index contributed by atoms with van der Waals surface area (Å²) in [6.07, 6.45) is -0.532. The van der Waals surface area contributed by atoms with Gasteiger partial charge in [0.05, 0.1) is 5.69 Å². The Labute approximate surface area is 221 Å². The van der Waals surface area contributed by atoms with Gasteiger partial charge in [0.1, 0.15) is 28.4 Å². The number of amides is 1. The van der Waals surface area contributed by atoms with E-state index in [2.05, 4.69) is 17.4 Å². The molecule has 38 heavy (non-hydrogen) atoms. The fraction of sp³-hybridized carbons (Fsp3) is 0.586. The number of nitrogens with one attached hydrogen (secondary N) is 1. The Kier molecular flexibility index (Phi) is 6.90. The van der Waals surface area contributed by atoms with E-state index in [9.17, 15) is 23.1 Å². The number of hydrogen-bond donors (Lipinski definition) is 2. The molecule has 1 aromatic carbocycles. The number of fused-ring (bicyclic) bond motifs is 3. The lowest BCUT2D eigenvalue weighted by Gasteiger charge is -2.47. The number of aromatic nitrogens is 1. The molecule has 2 aromatic rings. The standard InChI is InChI=1S/C29H37F3N2O4/c1-8-9-18-15-23(34-38-18)26(2,3)17-13-21(35)24-19-12-16(25(36)33-28(6,7)29(30,31)32)10-11-20(19)27(4,5)37-22(24)14-17/h10,13-15,19-20,35H,8-9,11-12H2,1-7H3,(H,33,36)/t19-,20-/m1/s1. The van der Waals surface area contributed by atoms with Crippen LogP contribution in [0.1, 0.15) is 96.2 Å². The highest BCUT2D eigenvalue weighted by Crippen LogP contribution is 2.55. The second-order valence-corrected chi connectivity index (χ2v) is 12.1. The van der Waals surface area contributed by atoms with Gasteiger partial charge < -0.3 is 19.7 Å². The third kappa shape index (κ3) is 4.92. The Morgan fingerprint density at radius 1 is 1.18 bits per heavy atom. The minimum Gasteiger partial charge on any atom is -0.508 e. The number of phenols is 1. The lowest BCUT2D eigenvalue weighted by atomic mass is 9.66. The number of nitrogens with zero attached hydrogens (tertiary/aromatic N) is 1. The molecule has 1 aliphatic carbocycles. The molecule has 1 aromatic heterocycles. The summed E-state index contributed by atoms with van der Waals surface area (Å²) in [4.78, 5) is 12.9. The first-order valence-corrected chi connectivity index (χ1v) is 13.1. The maximum atomic E-state index is 13.4. The van der Waals surface area contributed by atoms with Gasteiger partial charge in [0.2, 0.25) is 5.91 Å². The number of halogens is 3. The van der Waals surface area contributed by atoms with Gasteiger partial charge in [-0.1, -0.05) is 32.0 Å². The first-order valence-electron chi connectivity index (χ1n) is 13.1. The second-order valence-electron chi connectivity index (χ2n) is 12.1. The lowest BCUT2D eigenvalue weighted by Crippen LogP contribution is -2.55. The van der Waals surface area contributed by atoms with Crippen LogP contribution in [0.2, 0.25) is 0 Å². The number of alkyl halides is 3. The van der Waals surface area contributed by atoms with Crippen LogP contribution in [0.15, 0.2) is 34.4 Å². The van der Waals surface area contributed by atoms with Gasteiger partial charge in [-0.05, 0) is 64.7 Å². The summed E-state index contributed by atoms with van der Waals surface area (Å²) in [5.41, 5.74) is -1.20. The van der Waals surface area contributed by atoms with E-state index < -0.39 is 28.6 Å². The van der Waals surface area contributed by atoms with Crippen LogP contribution in [0, 0.1) is 5.92 Å². The van der Waals surface area contributed by atoms with Crippen LogP contribution in [0.4, 0.5) is 13.2 Å². The smallest absolute Gasteiger partial charge is 0.410 e. The van der Waals surface area contributed by atoms with E-state index in [1.807, 2.05) is 39.8 Å². The first kappa shape index (κ1) is 28.0. The van der Waals surface area contributed by atoms with E-state index in [0.29, 0.717) is 17.7 Å². The van der Waals surface area contributed by atoms with Crippen LogP contribution < -0.4 is 10.1 Å². The monoisotopic (exact) mass is 534 g/mol. The van der Waals surface area contributed by atoms with E-state index in [1.54, 1.807) is 12.1 Å². The van der Waals surface area contributed by atoms with Gasteiger partial charge in [0.15, 0.2) is 0 Å². The van der Waals surface area contributed by atoms with Crippen molar-refractivity contribution in [1.82, 2.24) is 10.5 Å². The molecule has 0 saturated carbocycles. The summed E-state index contributed by atoms with van der Waals surface area (Å²) in [6.45, 7) is 11.9. The summed E-state index contributed by atoms with van der Waals surface area (Å²) >= 11 is 0. The topological polar surface area (TPSA) is 84.6 Å². The van der Waals surface area contributed by atoms with Gasteiger partial charge >= 0.3 is 6.18 Å². The van der Waals surface area contributed by atoms with Gasteiger partial charge in [0.25, 0.3) is 0 Å². The zero-order valence-corrected chi connectivity index (χ0v) is 23.0.